The fraction of sp³-hybridized carbons (Fsp3) is 0.789. The van der Waals surface area contributed by atoms with Gasteiger partial charge in [0.25, 0.3) is 0 Å². The van der Waals surface area contributed by atoms with Gasteiger partial charge >= 0.3 is 0 Å². The van der Waals surface area contributed by atoms with Gasteiger partial charge in [-0.1, -0.05) is 13.8 Å². The molecule has 3 nitrogen and oxygen atoms in total. The first kappa shape index (κ1) is 14.5. The van der Waals surface area contributed by atoms with Crippen LogP contribution in [-0.4, -0.2) is 16.7 Å². The van der Waals surface area contributed by atoms with E-state index < -0.39 is 5.41 Å². The molecule has 0 aromatic rings. The Kier molecular flexibility index (Phi) is 2.93. The maximum Gasteiger partial charge on any atom is 0.204 e. The predicted molar refractivity (Wildman–Crippen MR) is 83.3 cm³/mol. The summed E-state index contributed by atoms with van der Waals surface area (Å²) in [5.74, 6) is 1.66. The van der Waals surface area contributed by atoms with Crippen LogP contribution in [0.25, 0.3) is 0 Å². The van der Waals surface area contributed by atoms with Crippen molar-refractivity contribution in [2.24, 2.45) is 28.6 Å². The van der Waals surface area contributed by atoms with Crippen molar-refractivity contribution in [1.82, 2.24) is 0 Å². The number of allylic oxidation sites excluding steroid dienone is 2. The van der Waals surface area contributed by atoms with E-state index in [9.17, 15) is 14.7 Å². The Morgan fingerprint density at radius 3 is 2.55 bits per heavy atom. The van der Waals surface area contributed by atoms with Crippen LogP contribution in [0.5, 0.6) is 0 Å². The zero-order chi connectivity index (χ0) is 15.7. The first-order valence-corrected chi connectivity index (χ1v) is 8.87. The van der Waals surface area contributed by atoms with Crippen LogP contribution in [0.1, 0.15) is 65.2 Å². The number of carbonyl (C=O) groups excluding carboxylic acids is 2. The Hall–Kier alpha value is -1.12. The van der Waals surface area contributed by atoms with Gasteiger partial charge in [0.15, 0.2) is 5.78 Å². The minimum absolute atomic E-state index is 0.0985. The number of hydrogen-bond donors (Lipinski definition) is 1. The molecule has 0 radical (unpaired) electrons. The summed E-state index contributed by atoms with van der Waals surface area (Å²) in [4.78, 5) is 24.4. The zero-order valence-electron chi connectivity index (χ0n) is 13.7. The van der Waals surface area contributed by atoms with Crippen LogP contribution in [0.3, 0.4) is 0 Å². The van der Waals surface area contributed by atoms with Crippen molar-refractivity contribution in [2.75, 3.05) is 0 Å². The molecule has 3 fully saturated rings. The highest BCUT2D eigenvalue weighted by molar-refractivity contribution is 6.41. The average Bonchev–Trinajstić information content (AvgIpc) is 2.71. The molecule has 0 amide bonds. The molecule has 3 saturated carbocycles. The maximum absolute atomic E-state index is 12.4. The van der Waals surface area contributed by atoms with Crippen LogP contribution in [0.15, 0.2) is 11.3 Å². The standard InChI is InChI=1S/C19H26O3/c1-18-8-3-4-15(20)13(18)6-5-11-12(18)7-9-19(2)14(11)10-16(21)17(19)22/h11-12,14,20H,3-10H2,1-2H3/t11-,12+,14+,18-,19+/m1/s1. The number of hydrogen-bond acceptors (Lipinski definition) is 3. The van der Waals surface area contributed by atoms with Crippen LogP contribution < -0.4 is 0 Å². The van der Waals surface area contributed by atoms with Crippen LogP contribution in [0.2, 0.25) is 0 Å². The van der Waals surface area contributed by atoms with E-state index in [1.807, 2.05) is 6.92 Å². The van der Waals surface area contributed by atoms with Crippen LogP contribution in [0.4, 0.5) is 0 Å². The van der Waals surface area contributed by atoms with E-state index in [2.05, 4.69) is 6.92 Å². The molecule has 0 saturated heterocycles. The SMILES string of the molecule is C[C@]12CCCC(O)=C1CC[C@@H]1[C@@H]2CC[C@]2(C)C(=O)C(=O)C[C@@H]12. The molecule has 4 aliphatic carbocycles. The number of rotatable bonds is 0. The van der Waals surface area contributed by atoms with Crippen LogP contribution in [0, 0.1) is 28.6 Å². The summed E-state index contributed by atoms with van der Waals surface area (Å²) >= 11 is 0. The summed E-state index contributed by atoms with van der Waals surface area (Å²) in [6.45, 7) is 4.36. The van der Waals surface area contributed by atoms with Crippen molar-refractivity contribution in [3.8, 4) is 0 Å². The van der Waals surface area contributed by atoms with Gasteiger partial charge in [-0.15, -0.1) is 0 Å². The van der Waals surface area contributed by atoms with Crippen LogP contribution in [-0.2, 0) is 9.59 Å². The Bertz CT molecular complexity index is 589. The molecule has 22 heavy (non-hydrogen) atoms. The van der Waals surface area contributed by atoms with Gasteiger partial charge in [0.1, 0.15) is 0 Å². The van der Waals surface area contributed by atoms with Crippen molar-refractivity contribution in [1.29, 1.82) is 0 Å². The van der Waals surface area contributed by atoms with E-state index in [1.54, 1.807) is 0 Å². The Labute approximate surface area is 132 Å². The van der Waals surface area contributed by atoms with E-state index in [1.165, 1.54) is 5.57 Å². The van der Waals surface area contributed by atoms with Gasteiger partial charge < -0.3 is 5.11 Å². The lowest BCUT2D eigenvalue weighted by atomic mass is 9.47. The number of aliphatic hydroxyl groups excluding tert-OH is 1. The monoisotopic (exact) mass is 302 g/mol. The molecule has 0 spiro atoms. The number of aliphatic hydroxyl groups is 1. The third-order valence-corrected chi connectivity index (χ3v) is 7.70. The molecule has 1 N–H and O–H groups in total. The van der Waals surface area contributed by atoms with Crippen molar-refractivity contribution in [3.63, 3.8) is 0 Å². The minimum Gasteiger partial charge on any atom is -0.512 e. The van der Waals surface area contributed by atoms with Crippen molar-refractivity contribution >= 4 is 11.6 Å². The third-order valence-electron chi connectivity index (χ3n) is 7.70. The highest BCUT2D eigenvalue weighted by Crippen LogP contribution is 2.64. The lowest BCUT2D eigenvalue weighted by Gasteiger charge is -2.56. The van der Waals surface area contributed by atoms with Gasteiger partial charge in [-0.25, -0.2) is 0 Å². The molecule has 0 heterocycles. The number of fused-ring (bicyclic) bond motifs is 5. The quantitative estimate of drug-likeness (QED) is 0.689. The molecule has 5 atom stereocenters. The largest absolute Gasteiger partial charge is 0.512 e. The minimum atomic E-state index is -0.396. The van der Waals surface area contributed by atoms with Crippen molar-refractivity contribution in [3.05, 3.63) is 11.3 Å². The van der Waals surface area contributed by atoms with Gasteiger partial charge in [0.05, 0.1) is 5.76 Å². The molecule has 0 unspecified atom stereocenters. The summed E-state index contributed by atoms with van der Waals surface area (Å²) in [5, 5.41) is 10.4. The van der Waals surface area contributed by atoms with E-state index in [0.717, 1.165) is 44.9 Å². The summed E-state index contributed by atoms with van der Waals surface area (Å²) < 4.78 is 0. The van der Waals surface area contributed by atoms with E-state index in [4.69, 9.17) is 0 Å². The number of Topliss-reactive ketones (excluding diaryl/α,β-unsaturated/α-hetero) is 2. The van der Waals surface area contributed by atoms with Crippen LogP contribution >= 0.6 is 0 Å². The normalized spacial score (nSPS) is 48.0. The van der Waals surface area contributed by atoms with Gasteiger partial charge in [-0.2, -0.15) is 0 Å². The predicted octanol–water partition coefficient (Wildman–Crippen LogP) is 3.97. The maximum atomic E-state index is 12.4. The first-order valence-electron chi connectivity index (χ1n) is 8.87. The third kappa shape index (κ3) is 1.63. The molecule has 0 aromatic carbocycles. The molecule has 4 rings (SSSR count). The number of carbonyl (C=O) groups is 2. The van der Waals surface area contributed by atoms with E-state index >= 15 is 0 Å². The zero-order valence-corrected chi connectivity index (χ0v) is 13.7. The molecule has 120 valence electrons. The molecule has 3 heteroatoms. The molecule has 0 bridgehead atoms. The second-order valence-corrected chi connectivity index (χ2v) is 8.52. The highest BCUT2D eigenvalue weighted by Gasteiger charge is 2.61. The molecule has 4 aliphatic rings. The summed E-state index contributed by atoms with van der Waals surface area (Å²) in [6.07, 6.45) is 7.40. The fourth-order valence-corrected chi connectivity index (χ4v) is 6.48. The van der Waals surface area contributed by atoms with E-state index in [-0.39, 0.29) is 22.9 Å². The Morgan fingerprint density at radius 2 is 1.77 bits per heavy atom. The van der Waals surface area contributed by atoms with Crippen molar-refractivity contribution < 1.29 is 14.7 Å². The summed E-state index contributed by atoms with van der Waals surface area (Å²) in [5.41, 5.74) is 0.993. The van der Waals surface area contributed by atoms with Gasteiger partial charge in [-0.3, -0.25) is 9.59 Å². The second-order valence-electron chi connectivity index (χ2n) is 8.52. The van der Waals surface area contributed by atoms with E-state index in [0.29, 0.717) is 24.0 Å². The average molecular weight is 302 g/mol. The first-order chi connectivity index (χ1) is 10.4. The number of ketones is 2. The molecular formula is C19H26O3. The molecule has 0 aromatic heterocycles. The topological polar surface area (TPSA) is 54.4 Å². The van der Waals surface area contributed by atoms with Gasteiger partial charge in [-0.05, 0) is 67.3 Å². The van der Waals surface area contributed by atoms with Gasteiger partial charge in [0.2, 0.25) is 5.78 Å². The fourth-order valence-electron chi connectivity index (χ4n) is 6.48. The molecular weight excluding hydrogens is 276 g/mol. The smallest absolute Gasteiger partial charge is 0.204 e. The summed E-state index contributed by atoms with van der Waals surface area (Å²) in [7, 11) is 0. The lowest BCUT2D eigenvalue weighted by molar-refractivity contribution is -0.140. The lowest BCUT2D eigenvalue weighted by Crippen LogP contribution is -2.50. The Morgan fingerprint density at radius 1 is 1.00 bits per heavy atom. The second kappa shape index (κ2) is 4.46. The van der Waals surface area contributed by atoms with Crippen molar-refractivity contribution in [2.45, 2.75) is 65.2 Å². The Balaban J connectivity index is 1.73. The highest BCUT2D eigenvalue weighted by atomic mass is 16.3. The summed E-state index contributed by atoms with van der Waals surface area (Å²) in [6, 6.07) is 0. The van der Waals surface area contributed by atoms with Gasteiger partial charge in [0, 0.05) is 18.3 Å². The molecule has 0 aliphatic heterocycles.